The zero-order chi connectivity index (χ0) is 17.8. The van der Waals surface area contributed by atoms with Gasteiger partial charge in [-0.15, -0.1) is 0 Å². The van der Waals surface area contributed by atoms with E-state index in [1.54, 1.807) is 12.4 Å². The number of amides is 1. The number of carbonyl (C=O) groups is 1. The van der Waals surface area contributed by atoms with Crippen LogP contribution in [0.3, 0.4) is 0 Å². The molecule has 0 fully saturated rings. The molecule has 1 aromatic heterocycles. The fraction of sp³-hybridized carbons (Fsp3) is 0.182. The van der Waals surface area contributed by atoms with Gasteiger partial charge in [0.15, 0.2) is 0 Å². The first-order valence-electron chi connectivity index (χ1n) is 8.40. The lowest BCUT2D eigenvalue weighted by Crippen LogP contribution is -2.16. The van der Waals surface area contributed by atoms with Crippen molar-refractivity contribution in [1.29, 1.82) is 0 Å². The van der Waals surface area contributed by atoms with Gasteiger partial charge >= 0.3 is 0 Å². The molecule has 3 aromatic rings. The van der Waals surface area contributed by atoms with Crippen molar-refractivity contribution < 1.29 is 4.79 Å². The van der Waals surface area contributed by atoms with Crippen molar-refractivity contribution in [2.45, 2.75) is 27.2 Å². The first-order chi connectivity index (χ1) is 12.0. The monoisotopic (exact) mass is 330 g/mol. The number of nitrogens with one attached hydrogen (secondary N) is 1. The van der Waals surface area contributed by atoms with Crippen molar-refractivity contribution >= 4 is 11.6 Å². The largest absolute Gasteiger partial charge is 0.326 e. The molecule has 1 amide bonds. The number of hydrogen-bond acceptors (Lipinski definition) is 2. The summed E-state index contributed by atoms with van der Waals surface area (Å²) >= 11 is 0. The number of hydrogen-bond donors (Lipinski definition) is 1. The van der Waals surface area contributed by atoms with Crippen LogP contribution in [-0.4, -0.2) is 10.9 Å². The SMILES string of the molecule is Cc1ccc(C)c(CC(=O)Nc2cc(-c3ccncc3)ccc2C)c1. The fourth-order valence-corrected chi connectivity index (χ4v) is 2.84. The van der Waals surface area contributed by atoms with Gasteiger partial charge in [0.2, 0.25) is 5.91 Å². The third-order valence-corrected chi connectivity index (χ3v) is 4.38. The molecular formula is C22H22N2O. The molecule has 0 saturated heterocycles. The minimum absolute atomic E-state index is 0.00341. The molecule has 126 valence electrons. The average Bonchev–Trinajstić information content (AvgIpc) is 2.61. The number of benzene rings is 2. The molecule has 2 aromatic carbocycles. The van der Waals surface area contributed by atoms with E-state index in [1.807, 2.05) is 45.0 Å². The summed E-state index contributed by atoms with van der Waals surface area (Å²) in [5.74, 6) is 0.00341. The quantitative estimate of drug-likeness (QED) is 0.742. The predicted octanol–water partition coefficient (Wildman–Crippen LogP) is 4.86. The Labute approximate surface area is 148 Å². The summed E-state index contributed by atoms with van der Waals surface area (Å²) < 4.78 is 0. The molecule has 0 spiro atoms. The van der Waals surface area contributed by atoms with E-state index < -0.39 is 0 Å². The molecule has 3 nitrogen and oxygen atoms in total. The number of carbonyl (C=O) groups excluding carboxylic acids is 1. The van der Waals surface area contributed by atoms with Crippen LogP contribution in [0, 0.1) is 20.8 Å². The van der Waals surface area contributed by atoms with Crippen LogP contribution in [0.2, 0.25) is 0 Å². The van der Waals surface area contributed by atoms with Crippen LogP contribution < -0.4 is 5.32 Å². The number of rotatable bonds is 4. The standard InChI is InChI=1S/C22H22N2O/c1-15-4-5-16(2)20(12-15)14-22(25)24-21-13-19(7-6-17(21)3)18-8-10-23-11-9-18/h4-13H,14H2,1-3H3,(H,24,25). The number of aryl methyl sites for hydroxylation is 3. The van der Waals surface area contributed by atoms with Gasteiger partial charge in [-0.05, 0) is 66.8 Å². The van der Waals surface area contributed by atoms with Gasteiger partial charge in [0.05, 0.1) is 6.42 Å². The minimum Gasteiger partial charge on any atom is -0.326 e. The second-order valence-corrected chi connectivity index (χ2v) is 6.42. The molecule has 0 unspecified atom stereocenters. The van der Waals surface area contributed by atoms with Crippen molar-refractivity contribution in [3.05, 3.63) is 83.2 Å². The lowest BCUT2D eigenvalue weighted by Gasteiger charge is -2.12. The summed E-state index contributed by atoms with van der Waals surface area (Å²) in [6.07, 6.45) is 3.92. The van der Waals surface area contributed by atoms with E-state index in [1.165, 1.54) is 5.56 Å². The third-order valence-electron chi connectivity index (χ3n) is 4.38. The van der Waals surface area contributed by atoms with E-state index in [2.05, 4.69) is 34.6 Å². The maximum Gasteiger partial charge on any atom is 0.228 e. The lowest BCUT2D eigenvalue weighted by atomic mass is 10.0. The highest BCUT2D eigenvalue weighted by atomic mass is 16.1. The predicted molar refractivity (Wildman–Crippen MR) is 103 cm³/mol. The molecule has 3 rings (SSSR count). The van der Waals surface area contributed by atoms with Crippen LogP contribution in [0.4, 0.5) is 5.69 Å². The molecule has 25 heavy (non-hydrogen) atoms. The molecule has 0 saturated carbocycles. The Kier molecular flexibility index (Phi) is 4.94. The van der Waals surface area contributed by atoms with E-state index >= 15 is 0 Å². The van der Waals surface area contributed by atoms with Gasteiger partial charge < -0.3 is 5.32 Å². The Morgan fingerprint density at radius 2 is 1.60 bits per heavy atom. The van der Waals surface area contributed by atoms with E-state index in [0.717, 1.165) is 33.5 Å². The van der Waals surface area contributed by atoms with Gasteiger partial charge in [0.25, 0.3) is 0 Å². The second kappa shape index (κ2) is 7.31. The molecular weight excluding hydrogens is 308 g/mol. The molecule has 1 N–H and O–H groups in total. The van der Waals surface area contributed by atoms with Gasteiger partial charge in [-0.25, -0.2) is 0 Å². The van der Waals surface area contributed by atoms with Gasteiger partial charge in [-0.1, -0.05) is 35.9 Å². The summed E-state index contributed by atoms with van der Waals surface area (Å²) in [7, 11) is 0. The van der Waals surface area contributed by atoms with Crippen molar-refractivity contribution in [1.82, 2.24) is 4.98 Å². The van der Waals surface area contributed by atoms with Gasteiger partial charge in [0.1, 0.15) is 0 Å². The molecule has 1 heterocycles. The Morgan fingerprint density at radius 3 is 2.36 bits per heavy atom. The van der Waals surface area contributed by atoms with E-state index in [9.17, 15) is 4.79 Å². The maximum atomic E-state index is 12.5. The maximum absolute atomic E-state index is 12.5. The van der Waals surface area contributed by atoms with Crippen LogP contribution >= 0.6 is 0 Å². The number of nitrogens with zero attached hydrogens (tertiary/aromatic N) is 1. The molecule has 0 radical (unpaired) electrons. The highest BCUT2D eigenvalue weighted by molar-refractivity contribution is 5.94. The lowest BCUT2D eigenvalue weighted by molar-refractivity contribution is -0.115. The van der Waals surface area contributed by atoms with Crippen LogP contribution in [-0.2, 0) is 11.2 Å². The molecule has 0 atom stereocenters. The summed E-state index contributed by atoms with van der Waals surface area (Å²) in [6.45, 7) is 6.09. The second-order valence-electron chi connectivity index (χ2n) is 6.42. The van der Waals surface area contributed by atoms with Crippen molar-refractivity contribution in [3.63, 3.8) is 0 Å². The van der Waals surface area contributed by atoms with E-state index in [4.69, 9.17) is 0 Å². The highest BCUT2D eigenvalue weighted by Gasteiger charge is 2.09. The van der Waals surface area contributed by atoms with Gasteiger partial charge in [0, 0.05) is 18.1 Å². The van der Waals surface area contributed by atoms with Crippen LogP contribution in [0.25, 0.3) is 11.1 Å². The summed E-state index contributed by atoms with van der Waals surface area (Å²) in [4.78, 5) is 16.6. The van der Waals surface area contributed by atoms with Crippen molar-refractivity contribution in [2.75, 3.05) is 5.32 Å². The molecule has 0 aliphatic carbocycles. The van der Waals surface area contributed by atoms with Crippen LogP contribution in [0.1, 0.15) is 22.3 Å². The van der Waals surface area contributed by atoms with Crippen molar-refractivity contribution in [3.8, 4) is 11.1 Å². The third kappa shape index (κ3) is 4.13. The summed E-state index contributed by atoms with van der Waals surface area (Å²) in [6, 6.07) is 16.3. The average molecular weight is 330 g/mol. The fourth-order valence-electron chi connectivity index (χ4n) is 2.84. The smallest absolute Gasteiger partial charge is 0.228 e. The molecule has 3 heteroatoms. The van der Waals surface area contributed by atoms with Crippen LogP contribution in [0.5, 0.6) is 0 Å². The Bertz CT molecular complexity index is 901. The summed E-state index contributed by atoms with van der Waals surface area (Å²) in [5.41, 5.74) is 7.43. The minimum atomic E-state index is 0.00341. The first-order valence-corrected chi connectivity index (χ1v) is 8.40. The topological polar surface area (TPSA) is 42.0 Å². The van der Waals surface area contributed by atoms with Gasteiger partial charge in [-0.3, -0.25) is 9.78 Å². The van der Waals surface area contributed by atoms with Crippen molar-refractivity contribution in [2.24, 2.45) is 0 Å². The Balaban J connectivity index is 1.80. The number of anilines is 1. The highest BCUT2D eigenvalue weighted by Crippen LogP contribution is 2.25. The number of pyridine rings is 1. The van der Waals surface area contributed by atoms with E-state index in [-0.39, 0.29) is 5.91 Å². The molecule has 0 aliphatic heterocycles. The summed E-state index contributed by atoms with van der Waals surface area (Å²) in [5, 5.41) is 3.06. The zero-order valence-electron chi connectivity index (χ0n) is 14.8. The number of aromatic nitrogens is 1. The van der Waals surface area contributed by atoms with Crippen LogP contribution in [0.15, 0.2) is 60.9 Å². The van der Waals surface area contributed by atoms with Gasteiger partial charge in [-0.2, -0.15) is 0 Å². The Hall–Kier alpha value is -2.94. The normalized spacial score (nSPS) is 10.5. The molecule has 0 aliphatic rings. The molecule has 0 bridgehead atoms. The van der Waals surface area contributed by atoms with E-state index in [0.29, 0.717) is 6.42 Å². The first kappa shape index (κ1) is 16.9. The Morgan fingerprint density at radius 1 is 0.880 bits per heavy atom. The zero-order valence-corrected chi connectivity index (χ0v) is 14.8.